The summed E-state index contributed by atoms with van der Waals surface area (Å²) in [6, 6.07) is 4.67. The molecular weight excluding hydrogens is 327 g/mol. The van der Waals surface area contributed by atoms with Gasteiger partial charge in [-0.25, -0.2) is 8.42 Å². The molecule has 0 saturated heterocycles. The molecule has 0 aliphatic carbocycles. The monoisotopic (exact) mass is 334 g/mol. The molecule has 1 aromatic heterocycles. The van der Waals surface area contributed by atoms with E-state index in [-0.39, 0.29) is 26.4 Å². The van der Waals surface area contributed by atoms with Crippen LogP contribution in [0, 0.1) is 0 Å². The normalized spacial score (nSPS) is 11.3. The molecule has 1 heterocycles. The first-order chi connectivity index (χ1) is 9.29. The van der Waals surface area contributed by atoms with E-state index in [2.05, 4.69) is 9.71 Å². The molecule has 0 saturated carbocycles. The molecular formula is C11H8Cl2N2O4S. The summed E-state index contributed by atoms with van der Waals surface area (Å²) in [5.74, 6) is -0.333. The van der Waals surface area contributed by atoms with Crippen molar-refractivity contribution in [2.24, 2.45) is 0 Å². The number of rotatable bonds is 3. The van der Waals surface area contributed by atoms with Crippen LogP contribution in [0.3, 0.4) is 0 Å². The number of phenols is 1. The molecule has 9 heteroatoms. The van der Waals surface area contributed by atoms with Crippen molar-refractivity contribution in [1.29, 1.82) is 0 Å². The number of phenolic OH excluding ortho intramolecular Hbond substituents is 1. The second kappa shape index (κ2) is 5.35. The van der Waals surface area contributed by atoms with Crippen molar-refractivity contribution in [3.63, 3.8) is 0 Å². The Morgan fingerprint density at radius 2 is 1.75 bits per heavy atom. The maximum Gasteiger partial charge on any atom is 0.263 e. The summed E-state index contributed by atoms with van der Waals surface area (Å²) >= 11 is 11.4. The van der Waals surface area contributed by atoms with Crippen LogP contribution < -0.4 is 10.3 Å². The lowest BCUT2D eigenvalue weighted by Crippen LogP contribution is -2.15. The topological polar surface area (TPSA) is 99.3 Å². The molecule has 0 spiro atoms. The summed E-state index contributed by atoms with van der Waals surface area (Å²) in [6.07, 6.45) is 1.06. The SMILES string of the molecule is O=c1ccc(S(=O)(=O)Nc2cc(Cl)c(O)c(Cl)c2)c[nH]1. The quantitative estimate of drug-likeness (QED) is 0.749. The van der Waals surface area contributed by atoms with Crippen LogP contribution in [-0.4, -0.2) is 18.5 Å². The lowest BCUT2D eigenvalue weighted by atomic mass is 10.3. The van der Waals surface area contributed by atoms with Crippen LogP contribution in [0.25, 0.3) is 0 Å². The fraction of sp³-hybridized carbons (Fsp3) is 0. The van der Waals surface area contributed by atoms with Gasteiger partial charge in [0.05, 0.1) is 15.7 Å². The van der Waals surface area contributed by atoms with Crippen molar-refractivity contribution in [3.05, 3.63) is 50.9 Å². The number of hydrogen-bond acceptors (Lipinski definition) is 4. The molecule has 6 nitrogen and oxygen atoms in total. The molecule has 0 aliphatic rings. The Morgan fingerprint density at radius 1 is 1.15 bits per heavy atom. The van der Waals surface area contributed by atoms with Crippen LogP contribution in [0.5, 0.6) is 5.75 Å². The van der Waals surface area contributed by atoms with Gasteiger partial charge in [0, 0.05) is 12.3 Å². The van der Waals surface area contributed by atoms with Crippen LogP contribution in [0.4, 0.5) is 5.69 Å². The number of halogens is 2. The van der Waals surface area contributed by atoms with Crippen LogP contribution in [0.2, 0.25) is 10.0 Å². The van der Waals surface area contributed by atoms with E-state index < -0.39 is 15.6 Å². The van der Waals surface area contributed by atoms with E-state index in [0.717, 1.165) is 18.3 Å². The summed E-state index contributed by atoms with van der Waals surface area (Å²) in [6.45, 7) is 0. The van der Waals surface area contributed by atoms with E-state index >= 15 is 0 Å². The van der Waals surface area contributed by atoms with E-state index in [0.29, 0.717) is 0 Å². The minimum Gasteiger partial charge on any atom is -0.505 e. The zero-order valence-corrected chi connectivity index (χ0v) is 12.1. The Hall–Kier alpha value is -1.70. The van der Waals surface area contributed by atoms with E-state index in [1.54, 1.807) is 0 Å². The standard InChI is InChI=1S/C11H8Cl2N2O4S/c12-8-3-6(4-9(13)11(8)17)15-20(18,19)7-1-2-10(16)14-5-7/h1-5,15,17H,(H,14,16). The number of sulfonamides is 1. The van der Waals surface area contributed by atoms with Crippen LogP contribution in [0.15, 0.2) is 40.2 Å². The summed E-state index contributed by atoms with van der Waals surface area (Å²) < 4.78 is 26.3. The minimum atomic E-state index is -3.90. The van der Waals surface area contributed by atoms with Crippen LogP contribution >= 0.6 is 23.2 Å². The first-order valence-electron chi connectivity index (χ1n) is 5.19. The smallest absolute Gasteiger partial charge is 0.263 e. The van der Waals surface area contributed by atoms with Gasteiger partial charge >= 0.3 is 0 Å². The number of anilines is 1. The molecule has 0 radical (unpaired) electrons. The number of H-pyrrole nitrogens is 1. The number of hydrogen-bond donors (Lipinski definition) is 3. The summed E-state index contributed by atoms with van der Waals surface area (Å²) in [4.78, 5) is 13.0. The Bertz CT molecular complexity index is 774. The van der Waals surface area contributed by atoms with Gasteiger partial charge in [0.2, 0.25) is 5.56 Å². The van der Waals surface area contributed by atoms with Gasteiger partial charge in [-0.2, -0.15) is 0 Å². The van der Waals surface area contributed by atoms with Gasteiger partial charge < -0.3 is 10.1 Å². The van der Waals surface area contributed by atoms with Crippen molar-refractivity contribution in [2.75, 3.05) is 4.72 Å². The van der Waals surface area contributed by atoms with Gasteiger partial charge in [-0.1, -0.05) is 23.2 Å². The van der Waals surface area contributed by atoms with Gasteiger partial charge in [-0.15, -0.1) is 0 Å². The summed E-state index contributed by atoms with van der Waals surface area (Å²) in [7, 11) is -3.90. The first-order valence-corrected chi connectivity index (χ1v) is 7.43. The number of aromatic nitrogens is 1. The van der Waals surface area contributed by atoms with Crippen LogP contribution in [-0.2, 0) is 10.0 Å². The van der Waals surface area contributed by atoms with Gasteiger partial charge in [0.25, 0.3) is 10.0 Å². The number of nitrogens with one attached hydrogen (secondary N) is 2. The Kier molecular flexibility index (Phi) is 3.94. The average molecular weight is 335 g/mol. The minimum absolute atomic E-state index is 0.0864. The van der Waals surface area contributed by atoms with E-state index in [9.17, 15) is 18.3 Å². The highest BCUT2D eigenvalue weighted by Crippen LogP contribution is 2.35. The van der Waals surface area contributed by atoms with Crippen molar-refractivity contribution >= 4 is 38.9 Å². The van der Waals surface area contributed by atoms with Crippen molar-refractivity contribution in [3.8, 4) is 5.75 Å². The number of aromatic amines is 1. The predicted molar refractivity (Wildman–Crippen MR) is 76.0 cm³/mol. The lowest BCUT2D eigenvalue weighted by molar-refractivity contribution is 0.476. The van der Waals surface area contributed by atoms with E-state index in [4.69, 9.17) is 23.2 Å². The Morgan fingerprint density at radius 3 is 2.25 bits per heavy atom. The Balaban J connectivity index is 2.38. The second-order valence-electron chi connectivity index (χ2n) is 3.78. The average Bonchev–Trinajstić information content (AvgIpc) is 2.36. The summed E-state index contributed by atoms with van der Waals surface area (Å²) in [5.41, 5.74) is -0.330. The molecule has 0 aliphatic heterocycles. The maximum atomic E-state index is 12.0. The largest absolute Gasteiger partial charge is 0.505 e. The lowest BCUT2D eigenvalue weighted by Gasteiger charge is -2.09. The Labute approximate surface area is 124 Å². The fourth-order valence-corrected chi connectivity index (χ4v) is 2.90. The van der Waals surface area contributed by atoms with Crippen molar-refractivity contribution in [2.45, 2.75) is 4.90 Å². The zero-order chi connectivity index (χ0) is 14.9. The maximum absolute atomic E-state index is 12.0. The molecule has 0 atom stereocenters. The highest BCUT2D eigenvalue weighted by Gasteiger charge is 2.16. The number of benzene rings is 1. The molecule has 0 amide bonds. The molecule has 20 heavy (non-hydrogen) atoms. The molecule has 0 bridgehead atoms. The van der Waals surface area contributed by atoms with Gasteiger partial charge in [0.15, 0.2) is 5.75 Å². The third-order valence-corrected chi connectivity index (χ3v) is 4.29. The van der Waals surface area contributed by atoms with Crippen LogP contribution in [0.1, 0.15) is 0 Å². The molecule has 106 valence electrons. The zero-order valence-electron chi connectivity index (χ0n) is 9.72. The first kappa shape index (κ1) is 14.7. The van der Waals surface area contributed by atoms with Gasteiger partial charge in [-0.05, 0) is 18.2 Å². The highest BCUT2D eigenvalue weighted by molar-refractivity contribution is 7.92. The van der Waals surface area contributed by atoms with Crippen molar-refractivity contribution < 1.29 is 13.5 Å². The van der Waals surface area contributed by atoms with E-state index in [1.807, 2.05) is 0 Å². The molecule has 0 fully saturated rings. The number of aromatic hydroxyl groups is 1. The molecule has 3 N–H and O–H groups in total. The molecule has 2 rings (SSSR count). The van der Waals surface area contributed by atoms with Gasteiger partial charge in [0.1, 0.15) is 4.90 Å². The predicted octanol–water partition coefficient (Wildman–Crippen LogP) is 2.19. The second-order valence-corrected chi connectivity index (χ2v) is 6.28. The molecule has 1 aromatic carbocycles. The number of pyridine rings is 1. The third kappa shape index (κ3) is 3.06. The van der Waals surface area contributed by atoms with E-state index in [1.165, 1.54) is 12.1 Å². The molecule has 0 unspecified atom stereocenters. The fourth-order valence-electron chi connectivity index (χ4n) is 1.40. The van der Waals surface area contributed by atoms with Crippen molar-refractivity contribution in [1.82, 2.24) is 4.98 Å². The molecule has 2 aromatic rings. The third-order valence-electron chi connectivity index (χ3n) is 2.34. The van der Waals surface area contributed by atoms with Gasteiger partial charge in [-0.3, -0.25) is 9.52 Å². The highest BCUT2D eigenvalue weighted by atomic mass is 35.5. The summed E-state index contributed by atoms with van der Waals surface area (Å²) in [5, 5.41) is 9.22.